The molecule has 2 amide bonds. The second kappa shape index (κ2) is 7.12. The molecule has 2 aromatic carbocycles. The lowest BCUT2D eigenvalue weighted by atomic mass is 10.2. The molecule has 0 aliphatic heterocycles. The highest BCUT2D eigenvalue weighted by Gasteiger charge is 2.10. The maximum Gasteiger partial charge on any atom is 0.246 e. The summed E-state index contributed by atoms with van der Waals surface area (Å²) in [4.78, 5) is 23.9. The fraction of sp³-hybridized carbons (Fsp3) is 0.222. The summed E-state index contributed by atoms with van der Waals surface area (Å²) in [5.41, 5.74) is 2.90. The van der Waals surface area contributed by atoms with Crippen molar-refractivity contribution in [2.24, 2.45) is 5.92 Å². The molecule has 2 N–H and O–H groups in total. The lowest BCUT2D eigenvalue weighted by Crippen LogP contribution is -2.20. The van der Waals surface area contributed by atoms with Gasteiger partial charge in [0.2, 0.25) is 11.8 Å². The van der Waals surface area contributed by atoms with Gasteiger partial charge in [0.25, 0.3) is 0 Å². The number of nitrogens with one attached hydrogen (secondary N) is 2. The van der Waals surface area contributed by atoms with Gasteiger partial charge in [0.05, 0.1) is 5.52 Å². The van der Waals surface area contributed by atoms with Gasteiger partial charge in [-0.2, -0.15) is 0 Å². The van der Waals surface area contributed by atoms with Crippen molar-refractivity contribution in [3.8, 4) is 0 Å². The Morgan fingerprint density at radius 2 is 1.64 bits per heavy atom. The second-order valence-electron chi connectivity index (χ2n) is 6.01. The summed E-state index contributed by atoms with van der Waals surface area (Å²) in [6, 6.07) is 14.5. The highest BCUT2D eigenvalue weighted by molar-refractivity contribution is 5.93. The molecule has 0 spiro atoms. The molecule has 1 heterocycles. The Morgan fingerprint density at radius 3 is 2.32 bits per heavy atom. The third-order valence-corrected chi connectivity index (χ3v) is 3.67. The lowest BCUT2D eigenvalue weighted by molar-refractivity contribution is -0.119. The van der Waals surface area contributed by atoms with Crippen molar-refractivity contribution in [3.05, 3.63) is 48.5 Å². The minimum Gasteiger partial charge on any atom is -0.326 e. The maximum absolute atomic E-state index is 12.2. The predicted octanol–water partition coefficient (Wildman–Crippen LogP) is 2.66. The van der Waals surface area contributed by atoms with E-state index in [1.165, 1.54) is 0 Å². The van der Waals surface area contributed by atoms with Crippen molar-refractivity contribution < 1.29 is 9.59 Å². The van der Waals surface area contributed by atoms with Gasteiger partial charge in [0, 0.05) is 17.3 Å². The van der Waals surface area contributed by atoms with Crippen molar-refractivity contribution in [2.75, 3.05) is 10.6 Å². The average molecular weight is 337 g/mol. The zero-order chi connectivity index (χ0) is 17.8. The fourth-order valence-corrected chi connectivity index (χ4v) is 2.29. The van der Waals surface area contributed by atoms with Crippen LogP contribution >= 0.6 is 0 Å². The largest absolute Gasteiger partial charge is 0.326 e. The van der Waals surface area contributed by atoms with Gasteiger partial charge in [0.15, 0.2) is 0 Å². The molecule has 0 unspecified atom stereocenters. The summed E-state index contributed by atoms with van der Waals surface area (Å²) in [5, 5.41) is 13.6. The van der Waals surface area contributed by atoms with Gasteiger partial charge in [-0.05, 0) is 36.4 Å². The van der Waals surface area contributed by atoms with E-state index in [2.05, 4.69) is 20.9 Å². The van der Waals surface area contributed by atoms with E-state index in [9.17, 15) is 9.59 Å². The summed E-state index contributed by atoms with van der Waals surface area (Å²) in [5.74, 6) is -0.332. The van der Waals surface area contributed by atoms with Gasteiger partial charge in [0.1, 0.15) is 12.1 Å². The molecule has 128 valence electrons. The third-order valence-electron chi connectivity index (χ3n) is 3.67. The van der Waals surface area contributed by atoms with Gasteiger partial charge < -0.3 is 10.6 Å². The molecule has 7 nitrogen and oxygen atoms in total. The second-order valence-corrected chi connectivity index (χ2v) is 6.01. The van der Waals surface area contributed by atoms with Crippen LogP contribution in [-0.2, 0) is 16.1 Å². The van der Waals surface area contributed by atoms with Gasteiger partial charge >= 0.3 is 0 Å². The number of carbonyl (C=O) groups is 2. The van der Waals surface area contributed by atoms with Crippen LogP contribution in [-0.4, -0.2) is 26.8 Å². The number of carbonyl (C=O) groups excluding carboxylic acids is 2. The smallest absolute Gasteiger partial charge is 0.246 e. The van der Waals surface area contributed by atoms with Crippen LogP contribution in [0.1, 0.15) is 13.8 Å². The molecule has 3 aromatic rings. The van der Waals surface area contributed by atoms with E-state index >= 15 is 0 Å². The summed E-state index contributed by atoms with van der Waals surface area (Å²) in [7, 11) is 0. The Kier molecular flexibility index (Phi) is 4.74. The van der Waals surface area contributed by atoms with Crippen molar-refractivity contribution in [1.29, 1.82) is 0 Å². The topological polar surface area (TPSA) is 88.9 Å². The maximum atomic E-state index is 12.2. The molecular weight excluding hydrogens is 318 g/mol. The molecule has 0 saturated heterocycles. The van der Waals surface area contributed by atoms with Gasteiger partial charge in [-0.1, -0.05) is 31.2 Å². The van der Waals surface area contributed by atoms with Crippen molar-refractivity contribution in [1.82, 2.24) is 15.0 Å². The third kappa shape index (κ3) is 4.00. The number of amides is 2. The van der Waals surface area contributed by atoms with Crippen molar-refractivity contribution >= 4 is 34.2 Å². The molecule has 3 rings (SSSR count). The van der Waals surface area contributed by atoms with Crippen LogP contribution in [0, 0.1) is 5.92 Å². The first-order chi connectivity index (χ1) is 12.0. The molecule has 25 heavy (non-hydrogen) atoms. The molecule has 0 aliphatic carbocycles. The fourth-order valence-electron chi connectivity index (χ4n) is 2.29. The summed E-state index contributed by atoms with van der Waals surface area (Å²) >= 11 is 0. The standard InChI is InChI=1S/C18H19N5O2/c1-12(2)18(25)20-14-9-7-13(8-10-14)19-17(24)11-23-16-6-4-3-5-15(16)21-22-23/h3-10,12H,11H2,1-2H3,(H,19,24)(H,20,25). The molecule has 0 aliphatic rings. The first-order valence-electron chi connectivity index (χ1n) is 8.02. The number of anilines is 2. The number of hydrogen-bond donors (Lipinski definition) is 2. The molecule has 0 fully saturated rings. The Balaban J connectivity index is 1.62. The number of para-hydroxylation sites is 1. The summed E-state index contributed by atoms with van der Waals surface area (Å²) in [6.07, 6.45) is 0. The van der Waals surface area contributed by atoms with E-state index < -0.39 is 0 Å². The molecule has 7 heteroatoms. The van der Waals surface area contributed by atoms with E-state index in [-0.39, 0.29) is 24.3 Å². The summed E-state index contributed by atoms with van der Waals surface area (Å²) < 4.78 is 1.56. The van der Waals surface area contributed by atoms with E-state index in [1.54, 1.807) is 28.9 Å². The average Bonchev–Trinajstić information content (AvgIpc) is 2.99. The molecule has 0 saturated carbocycles. The molecule has 0 atom stereocenters. The van der Waals surface area contributed by atoms with Gasteiger partial charge in [-0.15, -0.1) is 5.10 Å². The number of rotatable bonds is 5. The Hall–Kier alpha value is -3.22. The van der Waals surface area contributed by atoms with E-state index in [0.717, 1.165) is 11.0 Å². The van der Waals surface area contributed by atoms with E-state index in [0.29, 0.717) is 11.4 Å². The summed E-state index contributed by atoms with van der Waals surface area (Å²) in [6.45, 7) is 3.74. The van der Waals surface area contributed by atoms with Crippen LogP contribution in [0.2, 0.25) is 0 Å². The quantitative estimate of drug-likeness (QED) is 0.749. The van der Waals surface area contributed by atoms with Crippen molar-refractivity contribution in [3.63, 3.8) is 0 Å². The lowest BCUT2D eigenvalue weighted by Gasteiger charge is -2.09. The molecule has 1 aromatic heterocycles. The number of aromatic nitrogens is 3. The van der Waals surface area contributed by atoms with Crippen LogP contribution in [0.25, 0.3) is 11.0 Å². The normalized spacial score (nSPS) is 10.8. The number of nitrogens with zero attached hydrogens (tertiary/aromatic N) is 3. The Labute approximate surface area is 145 Å². The number of hydrogen-bond acceptors (Lipinski definition) is 4. The first kappa shape index (κ1) is 16.6. The highest BCUT2D eigenvalue weighted by Crippen LogP contribution is 2.15. The Morgan fingerprint density at radius 1 is 1.00 bits per heavy atom. The molecule has 0 bridgehead atoms. The van der Waals surface area contributed by atoms with E-state index in [4.69, 9.17) is 0 Å². The van der Waals surface area contributed by atoms with Crippen molar-refractivity contribution in [2.45, 2.75) is 20.4 Å². The molecule has 0 radical (unpaired) electrons. The van der Waals surface area contributed by atoms with Crippen LogP contribution in [0.3, 0.4) is 0 Å². The van der Waals surface area contributed by atoms with Gasteiger partial charge in [-0.3, -0.25) is 9.59 Å². The van der Waals surface area contributed by atoms with Gasteiger partial charge in [-0.25, -0.2) is 4.68 Å². The number of fused-ring (bicyclic) bond motifs is 1. The predicted molar refractivity (Wildman–Crippen MR) is 96.1 cm³/mol. The highest BCUT2D eigenvalue weighted by atomic mass is 16.2. The SMILES string of the molecule is CC(C)C(=O)Nc1ccc(NC(=O)Cn2nnc3ccccc32)cc1. The van der Waals surface area contributed by atoms with Crippen LogP contribution in [0.15, 0.2) is 48.5 Å². The Bertz CT molecular complexity index is 899. The molecular formula is C18H19N5O2. The minimum atomic E-state index is -0.199. The van der Waals surface area contributed by atoms with E-state index in [1.807, 2.05) is 38.1 Å². The van der Waals surface area contributed by atoms with Crippen LogP contribution in [0.4, 0.5) is 11.4 Å². The van der Waals surface area contributed by atoms with Crippen LogP contribution < -0.4 is 10.6 Å². The zero-order valence-electron chi connectivity index (χ0n) is 14.1. The minimum absolute atomic E-state index is 0.0464. The zero-order valence-corrected chi connectivity index (χ0v) is 14.1. The number of benzene rings is 2. The van der Waals surface area contributed by atoms with Crippen LogP contribution in [0.5, 0.6) is 0 Å². The first-order valence-corrected chi connectivity index (χ1v) is 8.02. The monoisotopic (exact) mass is 337 g/mol.